The van der Waals surface area contributed by atoms with Crippen LogP contribution in [0.15, 0.2) is 42.5 Å². The van der Waals surface area contributed by atoms with Crippen LogP contribution in [-0.4, -0.2) is 7.05 Å². The maximum Gasteiger partial charge on any atom is 0.123 e. The zero-order chi connectivity index (χ0) is 13.8. The summed E-state index contributed by atoms with van der Waals surface area (Å²) in [5.41, 5.74) is 2.42. The Morgan fingerprint density at radius 2 is 1.79 bits per heavy atom. The molecule has 0 fully saturated rings. The summed E-state index contributed by atoms with van der Waals surface area (Å²) in [4.78, 5) is 1.92. The second-order valence-corrected chi connectivity index (χ2v) is 4.66. The summed E-state index contributed by atoms with van der Waals surface area (Å²) < 4.78 is 26.3. The van der Waals surface area contributed by atoms with Gasteiger partial charge in [0, 0.05) is 25.2 Å². The molecule has 0 aromatic heterocycles. The molecular formula is C15H14ClF2N. The lowest BCUT2D eigenvalue weighted by Gasteiger charge is -2.22. The number of hydrogen-bond donors (Lipinski definition) is 0. The maximum absolute atomic E-state index is 13.2. The van der Waals surface area contributed by atoms with Gasteiger partial charge in [0.1, 0.15) is 11.6 Å². The Kier molecular flexibility index (Phi) is 4.38. The van der Waals surface area contributed by atoms with Crippen LogP contribution in [-0.2, 0) is 12.4 Å². The molecule has 0 saturated heterocycles. The predicted octanol–water partition coefficient (Wildman–Crippen LogP) is 4.34. The zero-order valence-corrected chi connectivity index (χ0v) is 11.3. The normalized spacial score (nSPS) is 10.5. The molecule has 0 N–H and O–H groups in total. The number of rotatable bonds is 4. The first-order valence-corrected chi connectivity index (χ1v) is 6.43. The third-order valence-electron chi connectivity index (χ3n) is 2.91. The van der Waals surface area contributed by atoms with E-state index in [0.29, 0.717) is 6.54 Å². The van der Waals surface area contributed by atoms with Crippen molar-refractivity contribution in [3.63, 3.8) is 0 Å². The molecule has 1 nitrogen and oxygen atoms in total. The molecule has 0 saturated carbocycles. The van der Waals surface area contributed by atoms with Crippen molar-refractivity contribution in [2.45, 2.75) is 12.4 Å². The summed E-state index contributed by atoms with van der Waals surface area (Å²) in [6.45, 7) is 0.535. The summed E-state index contributed by atoms with van der Waals surface area (Å²) in [6.07, 6.45) is 0. The largest absolute Gasteiger partial charge is 0.370 e. The number of alkyl halides is 1. The van der Waals surface area contributed by atoms with E-state index in [1.807, 2.05) is 18.0 Å². The van der Waals surface area contributed by atoms with Crippen LogP contribution in [0.3, 0.4) is 0 Å². The topological polar surface area (TPSA) is 3.24 Å². The first kappa shape index (κ1) is 13.8. The number of hydrogen-bond acceptors (Lipinski definition) is 1. The molecule has 0 aliphatic heterocycles. The van der Waals surface area contributed by atoms with Gasteiger partial charge in [-0.3, -0.25) is 0 Å². The second kappa shape index (κ2) is 6.02. The van der Waals surface area contributed by atoms with Crippen molar-refractivity contribution in [2.75, 3.05) is 11.9 Å². The highest BCUT2D eigenvalue weighted by Gasteiger charge is 2.09. The Morgan fingerprint density at radius 1 is 1.05 bits per heavy atom. The van der Waals surface area contributed by atoms with E-state index in [9.17, 15) is 8.78 Å². The number of benzene rings is 2. The van der Waals surface area contributed by atoms with E-state index < -0.39 is 0 Å². The second-order valence-electron chi connectivity index (χ2n) is 4.39. The quantitative estimate of drug-likeness (QED) is 0.754. The molecule has 4 heteroatoms. The van der Waals surface area contributed by atoms with Gasteiger partial charge in [-0.1, -0.05) is 12.1 Å². The van der Waals surface area contributed by atoms with Gasteiger partial charge in [-0.05, 0) is 41.5 Å². The highest BCUT2D eigenvalue weighted by atomic mass is 35.5. The molecule has 0 amide bonds. The molecule has 2 aromatic rings. The lowest BCUT2D eigenvalue weighted by molar-refractivity contribution is 0.624. The Morgan fingerprint density at radius 3 is 2.47 bits per heavy atom. The SMILES string of the molecule is CN(Cc1cccc(F)c1)c1ccc(F)cc1CCl. The van der Waals surface area contributed by atoms with E-state index in [-0.39, 0.29) is 17.5 Å². The minimum atomic E-state index is -0.307. The smallest absolute Gasteiger partial charge is 0.123 e. The molecule has 0 atom stereocenters. The molecule has 0 aliphatic rings. The van der Waals surface area contributed by atoms with Gasteiger partial charge >= 0.3 is 0 Å². The van der Waals surface area contributed by atoms with E-state index in [1.54, 1.807) is 12.1 Å². The summed E-state index contributed by atoms with van der Waals surface area (Å²) in [6, 6.07) is 10.9. The van der Waals surface area contributed by atoms with Crippen molar-refractivity contribution < 1.29 is 8.78 Å². The Hall–Kier alpha value is -1.61. The van der Waals surface area contributed by atoms with Crippen molar-refractivity contribution in [1.82, 2.24) is 0 Å². The van der Waals surface area contributed by atoms with Crippen molar-refractivity contribution in [1.29, 1.82) is 0 Å². The molecule has 19 heavy (non-hydrogen) atoms. The van der Waals surface area contributed by atoms with Gasteiger partial charge in [-0.15, -0.1) is 11.6 Å². The minimum absolute atomic E-state index is 0.237. The van der Waals surface area contributed by atoms with Crippen molar-refractivity contribution in [3.8, 4) is 0 Å². The van der Waals surface area contributed by atoms with Crippen LogP contribution in [0.25, 0.3) is 0 Å². The number of halogens is 3. The lowest BCUT2D eigenvalue weighted by atomic mass is 10.1. The van der Waals surface area contributed by atoms with Gasteiger partial charge in [-0.25, -0.2) is 8.78 Å². The molecule has 0 heterocycles. The van der Waals surface area contributed by atoms with Crippen LogP contribution >= 0.6 is 11.6 Å². The summed E-state index contributed by atoms with van der Waals surface area (Å²) in [7, 11) is 1.87. The highest BCUT2D eigenvalue weighted by molar-refractivity contribution is 6.17. The van der Waals surface area contributed by atoms with Crippen molar-refractivity contribution >= 4 is 17.3 Å². The van der Waals surface area contributed by atoms with Crippen molar-refractivity contribution in [2.24, 2.45) is 0 Å². The molecule has 0 aliphatic carbocycles. The molecule has 2 rings (SSSR count). The molecule has 0 unspecified atom stereocenters. The predicted molar refractivity (Wildman–Crippen MR) is 74.5 cm³/mol. The van der Waals surface area contributed by atoms with Gasteiger partial charge in [0.2, 0.25) is 0 Å². The first-order chi connectivity index (χ1) is 9.10. The van der Waals surface area contributed by atoms with Crippen molar-refractivity contribution in [3.05, 3.63) is 65.2 Å². The Balaban J connectivity index is 2.22. The average Bonchev–Trinajstić information content (AvgIpc) is 2.38. The van der Waals surface area contributed by atoms with Crippen LogP contribution in [0.4, 0.5) is 14.5 Å². The van der Waals surface area contributed by atoms with Crippen LogP contribution in [0.1, 0.15) is 11.1 Å². The summed E-state index contributed by atoms with van der Waals surface area (Å²) in [5, 5.41) is 0. The Labute approximate surface area is 116 Å². The van der Waals surface area contributed by atoms with Gasteiger partial charge in [-0.2, -0.15) is 0 Å². The fraction of sp³-hybridized carbons (Fsp3) is 0.200. The fourth-order valence-corrected chi connectivity index (χ4v) is 2.24. The van der Waals surface area contributed by atoms with E-state index in [1.165, 1.54) is 24.3 Å². The molecule has 0 radical (unpaired) electrons. The standard InChI is InChI=1S/C15H14ClF2N/c1-19(10-11-3-2-4-13(17)7-11)15-6-5-14(18)8-12(15)9-16/h2-8H,9-10H2,1H3. The van der Waals surface area contributed by atoms with Gasteiger partial charge in [0.05, 0.1) is 0 Å². The zero-order valence-electron chi connectivity index (χ0n) is 10.5. The first-order valence-electron chi connectivity index (χ1n) is 5.90. The van der Waals surface area contributed by atoms with E-state index in [4.69, 9.17) is 11.6 Å². The fourth-order valence-electron chi connectivity index (χ4n) is 2.03. The van der Waals surface area contributed by atoms with Gasteiger partial charge < -0.3 is 4.90 Å². The molecular weight excluding hydrogens is 268 g/mol. The molecule has 0 spiro atoms. The number of anilines is 1. The van der Waals surface area contributed by atoms with E-state index in [2.05, 4.69) is 0 Å². The lowest BCUT2D eigenvalue weighted by Crippen LogP contribution is -2.18. The van der Waals surface area contributed by atoms with E-state index in [0.717, 1.165) is 16.8 Å². The third-order valence-corrected chi connectivity index (χ3v) is 3.19. The highest BCUT2D eigenvalue weighted by Crippen LogP contribution is 2.24. The summed E-state index contributed by atoms with van der Waals surface area (Å²) >= 11 is 5.82. The monoisotopic (exact) mass is 281 g/mol. The minimum Gasteiger partial charge on any atom is -0.370 e. The molecule has 100 valence electrons. The average molecular weight is 282 g/mol. The van der Waals surface area contributed by atoms with Crippen LogP contribution in [0, 0.1) is 11.6 Å². The van der Waals surface area contributed by atoms with E-state index >= 15 is 0 Å². The van der Waals surface area contributed by atoms with Crippen LogP contribution in [0.5, 0.6) is 0 Å². The summed E-state index contributed by atoms with van der Waals surface area (Å²) in [5.74, 6) is -0.332. The van der Waals surface area contributed by atoms with Gasteiger partial charge in [0.25, 0.3) is 0 Å². The molecule has 2 aromatic carbocycles. The maximum atomic E-state index is 13.2. The van der Waals surface area contributed by atoms with Crippen LogP contribution < -0.4 is 4.90 Å². The molecule has 0 bridgehead atoms. The van der Waals surface area contributed by atoms with Gasteiger partial charge in [0.15, 0.2) is 0 Å². The Bertz CT molecular complexity index is 572. The third kappa shape index (κ3) is 3.44. The van der Waals surface area contributed by atoms with Crippen LogP contribution in [0.2, 0.25) is 0 Å². The number of nitrogens with zero attached hydrogens (tertiary/aromatic N) is 1.